The lowest BCUT2D eigenvalue weighted by molar-refractivity contribution is -0.105. The first kappa shape index (κ1) is 15.9. The molecule has 6 unspecified atom stereocenters. The van der Waals surface area contributed by atoms with Gasteiger partial charge in [0.2, 0.25) is 0 Å². The van der Waals surface area contributed by atoms with Gasteiger partial charge < -0.3 is 0 Å². The van der Waals surface area contributed by atoms with Gasteiger partial charge in [0, 0.05) is 16.0 Å². The number of rotatable bonds is 1. The summed E-state index contributed by atoms with van der Waals surface area (Å²) in [6.07, 6.45) is 12.2. The predicted molar refractivity (Wildman–Crippen MR) is 95.2 cm³/mol. The zero-order valence-electron chi connectivity index (χ0n) is 14.7. The minimum atomic E-state index is 0.0582. The molecule has 0 amide bonds. The van der Waals surface area contributed by atoms with E-state index < -0.39 is 0 Å². The summed E-state index contributed by atoms with van der Waals surface area (Å²) in [6, 6.07) is 0. The molecule has 4 rings (SSSR count). The molecule has 0 saturated heterocycles. The molecule has 1 nitrogen and oxygen atoms in total. The van der Waals surface area contributed by atoms with Crippen molar-refractivity contribution < 1.29 is 4.79 Å². The molecule has 6 atom stereocenters. The highest BCUT2D eigenvalue weighted by molar-refractivity contribution is 6.32. The van der Waals surface area contributed by atoms with Gasteiger partial charge >= 0.3 is 0 Å². The molecule has 126 valence electrons. The van der Waals surface area contributed by atoms with Crippen molar-refractivity contribution >= 4 is 17.9 Å². The fraction of sp³-hybridized carbons (Fsp3) is 0.762. The number of allylic oxidation sites excluding steroid dienone is 4. The van der Waals surface area contributed by atoms with Crippen LogP contribution in [0.2, 0.25) is 0 Å². The Morgan fingerprint density at radius 2 is 1.87 bits per heavy atom. The summed E-state index contributed by atoms with van der Waals surface area (Å²) < 4.78 is 0. The molecule has 0 aliphatic heterocycles. The van der Waals surface area contributed by atoms with Crippen molar-refractivity contribution in [1.82, 2.24) is 0 Å². The van der Waals surface area contributed by atoms with Crippen LogP contribution in [-0.2, 0) is 4.79 Å². The molecule has 0 heterocycles. The number of hydrogen-bond donors (Lipinski definition) is 0. The third-order valence-electron chi connectivity index (χ3n) is 8.11. The van der Waals surface area contributed by atoms with Crippen LogP contribution in [0.25, 0.3) is 0 Å². The van der Waals surface area contributed by atoms with Crippen LogP contribution in [-0.4, -0.2) is 6.29 Å². The number of halogens is 1. The highest BCUT2D eigenvalue weighted by atomic mass is 35.5. The van der Waals surface area contributed by atoms with Crippen molar-refractivity contribution in [3.8, 4) is 0 Å². The molecule has 0 aromatic rings. The van der Waals surface area contributed by atoms with Gasteiger partial charge in [-0.1, -0.05) is 44.0 Å². The van der Waals surface area contributed by atoms with Crippen molar-refractivity contribution in [3.05, 3.63) is 22.3 Å². The van der Waals surface area contributed by atoms with Crippen molar-refractivity contribution in [3.63, 3.8) is 0 Å². The fourth-order valence-electron chi connectivity index (χ4n) is 6.61. The molecule has 4 aliphatic rings. The minimum Gasteiger partial charge on any atom is -0.298 e. The van der Waals surface area contributed by atoms with Crippen LogP contribution in [0.1, 0.15) is 65.7 Å². The van der Waals surface area contributed by atoms with Crippen molar-refractivity contribution in [2.75, 3.05) is 0 Å². The van der Waals surface area contributed by atoms with Gasteiger partial charge in [-0.3, -0.25) is 4.79 Å². The lowest BCUT2D eigenvalue weighted by Gasteiger charge is -2.57. The Labute approximate surface area is 145 Å². The average molecular weight is 333 g/mol. The summed E-state index contributed by atoms with van der Waals surface area (Å²) in [5.74, 6) is 2.93. The number of fused-ring (bicyclic) bond motifs is 5. The van der Waals surface area contributed by atoms with Gasteiger partial charge in [-0.2, -0.15) is 0 Å². The normalized spacial score (nSPS) is 49.1. The lowest BCUT2D eigenvalue weighted by Crippen LogP contribution is -2.49. The van der Waals surface area contributed by atoms with E-state index in [1.807, 2.05) is 0 Å². The van der Waals surface area contributed by atoms with E-state index in [9.17, 15) is 4.79 Å². The second kappa shape index (κ2) is 5.22. The van der Waals surface area contributed by atoms with E-state index >= 15 is 0 Å². The lowest BCUT2D eigenvalue weighted by atomic mass is 9.47. The van der Waals surface area contributed by atoms with Crippen LogP contribution in [0.4, 0.5) is 0 Å². The Morgan fingerprint density at radius 1 is 1.13 bits per heavy atom. The van der Waals surface area contributed by atoms with Crippen molar-refractivity contribution in [2.24, 2.45) is 34.5 Å². The summed E-state index contributed by atoms with van der Waals surface area (Å²) in [6.45, 7) is 7.26. The maximum atomic E-state index is 11.4. The second-order valence-corrected chi connectivity index (χ2v) is 9.60. The van der Waals surface area contributed by atoms with Gasteiger partial charge in [-0.15, -0.1) is 0 Å². The summed E-state index contributed by atoms with van der Waals surface area (Å²) in [4.78, 5) is 11.4. The van der Waals surface area contributed by atoms with E-state index in [2.05, 4.69) is 26.8 Å². The maximum absolute atomic E-state index is 11.4. The van der Waals surface area contributed by atoms with Crippen LogP contribution in [0.15, 0.2) is 22.3 Å². The highest BCUT2D eigenvalue weighted by Gasteiger charge is 2.57. The molecule has 2 saturated carbocycles. The number of aldehydes is 1. The Hall–Kier alpha value is -0.560. The molecule has 0 aromatic carbocycles. The van der Waals surface area contributed by atoms with E-state index in [0.29, 0.717) is 17.3 Å². The highest BCUT2D eigenvalue weighted by Crippen LogP contribution is 2.66. The summed E-state index contributed by atoms with van der Waals surface area (Å²) in [5.41, 5.74) is 3.10. The largest absolute Gasteiger partial charge is 0.298 e. The van der Waals surface area contributed by atoms with E-state index in [1.165, 1.54) is 32.1 Å². The number of carbonyl (C=O) groups is 1. The third kappa shape index (κ3) is 2.08. The first-order chi connectivity index (χ1) is 10.9. The van der Waals surface area contributed by atoms with Crippen molar-refractivity contribution in [1.29, 1.82) is 0 Å². The van der Waals surface area contributed by atoms with Gasteiger partial charge in [0.25, 0.3) is 0 Å². The Kier molecular flexibility index (Phi) is 3.61. The molecule has 0 spiro atoms. The van der Waals surface area contributed by atoms with E-state index in [-0.39, 0.29) is 5.41 Å². The Morgan fingerprint density at radius 3 is 2.61 bits per heavy atom. The quantitative estimate of drug-likeness (QED) is 0.432. The Bertz CT molecular complexity index is 603. The molecule has 4 aliphatic carbocycles. The molecule has 2 heteroatoms. The first-order valence-corrected chi connectivity index (χ1v) is 9.82. The van der Waals surface area contributed by atoms with Gasteiger partial charge in [-0.25, -0.2) is 0 Å². The molecule has 0 radical (unpaired) electrons. The topological polar surface area (TPSA) is 17.1 Å². The van der Waals surface area contributed by atoms with Crippen LogP contribution in [0.3, 0.4) is 0 Å². The maximum Gasteiger partial charge on any atom is 0.147 e. The number of hydrogen-bond acceptors (Lipinski definition) is 1. The standard InChI is InChI=1S/C21H29ClO/c1-13-6-8-20(2)15(10-13)4-5-16-17(20)7-9-21(3)18(16)11-14(12-23)19(21)22/h4,12-13,16-18H,5-11H2,1-3H3. The van der Waals surface area contributed by atoms with Crippen LogP contribution >= 0.6 is 11.6 Å². The van der Waals surface area contributed by atoms with Crippen molar-refractivity contribution in [2.45, 2.75) is 65.7 Å². The van der Waals surface area contributed by atoms with Crippen LogP contribution in [0, 0.1) is 34.5 Å². The molecule has 0 N–H and O–H groups in total. The third-order valence-corrected chi connectivity index (χ3v) is 8.78. The monoisotopic (exact) mass is 332 g/mol. The summed E-state index contributed by atoms with van der Waals surface area (Å²) in [5, 5.41) is 0.883. The molecule has 23 heavy (non-hydrogen) atoms. The van der Waals surface area contributed by atoms with E-state index in [4.69, 9.17) is 11.6 Å². The second-order valence-electron chi connectivity index (χ2n) is 9.22. The summed E-state index contributed by atoms with van der Waals surface area (Å²) >= 11 is 6.65. The zero-order chi connectivity index (χ0) is 16.4. The fourth-order valence-corrected chi connectivity index (χ4v) is 6.96. The average Bonchev–Trinajstić information content (AvgIpc) is 2.79. The van der Waals surface area contributed by atoms with E-state index in [0.717, 1.165) is 41.6 Å². The molecule has 2 fully saturated rings. The molecular weight excluding hydrogens is 304 g/mol. The smallest absolute Gasteiger partial charge is 0.147 e. The van der Waals surface area contributed by atoms with Gasteiger partial charge in [0.05, 0.1) is 0 Å². The SMILES string of the molecule is CC1CCC2(C)C(=CCC3C2CCC2(C)C(Cl)=C(C=O)CC32)C1. The Balaban J connectivity index is 1.69. The van der Waals surface area contributed by atoms with Gasteiger partial charge in [0.15, 0.2) is 0 Å². The first-order valence-electron chi connectivity index (χ1n) is 9.44. The van der Waals surface area contributed by atoms with E-state index in [1.54, 1.807) is 5.57 Å². The minimum absolute atomic E-state index is 0.0582. The molecule has 0 aromatic heterocycles. The van der Waals surface area contributed by atoms with Gasteiger partial charge in [0.1, 0.15) is 6.29 Å². The number of carbonyl (C=O) groups excluding carboxylic acids is 1. The molecular formula is C21H29ClO. The predicted octanol–water partition coefficient (Wildman–Crippen LogP) is 5.89. The zero-order valence-corrected chi connectivity index (χ0v) is 15.5. The van der Waals surface area contributed by atoms with Crippen LogP contribution in [0.5, 0.6) is 0 Å². The van der Waals surface area contributed by atoms with Gasteiger partial charge in [-0.05, 0) is 74.0 Å². The molecule has 0 bridgehead atoms. The van der Waals surface area contributed by atoms with Crippen LogP contribution < -0.4 is 0 Å². The summed E-state index contributed by atoms with van der Waals surface area (Å²) in [7, 11) is 0.